The summed E-state index contributed by atoms with van der Waals surface area (Å²) < 4.78 is 41.6. The Kier molecular flexibility index (Phi) is 5.74. The number of thiophene rings is 1. The number of anilines is 2. The molecule has 1 saturated heterocycles. The number of rotatable bonds is 6. The maximum atomic E-state index is 14.2. The molecule has 1 aliphatic heterocycles. The quantitative estimate of drug-likeness (QED) is 0.594. The number of likely N-dealkylation sites (tertiary alicyclic amines) is 1. The third kappa shape index (κ3) is 4.31. The van der Waals surface area contributed by atoms with E-state index in [0.717, 1.165) is 36.7 Å². The highest BCUT2D eigenvalue weighted by Gasteiger charge is 2.21. The van der Waals surface area contributed by atoms with Crippen molar-refractivity contribution < 1.29 is 18.0 Å². The minimum atomic E-state index is -1.05. The molecule has 1 aliphatic rings. The molecule has 2 aromatic heterocycles. The van der Waals surface area contributed by atoms with Gasteiger partial charge in [-0.15, -0.1) is 11.3 Å². The van der Waals surface area contributed by atoms with Gasteiger partial charge in [0.25, 0.3) is 5.91 Å². The summed E-state index contributed by atoms with van der Waals surface area (Å²) in [6.07, 6.45) is 2.35. The fourth-order valence-electron chi connectivity index (χ4n) is 3.49. The van der Waals surface area contributed by atoms with Gasteiger partial charge in [-0.1, -0.05) is 6.07 Å². The molecule has 1 aromatic carbocycles. The van der Waals surface area contributed by atoms with E-state index in [1.165, 1.54) is 18.9 Å². The maximum Gasteiger partial charge on any atom is 0.251 e. The van der Waals surface area contributed by atoms with Gasteiger partial charge >= 0.3 is 0 Å². The lowest BCUT2D eigenvalue weighted by Gasteiger charge is -2.14. The maximum absolute atomic E-state index is 14.2. The molecule has 4 rings (SSSR count). The molecular weight excluding hydrogens is 413 g/mol. The SMILES string of the molecule is NC(=O)c1cc(-c2c(F)cc(F)cc2F)sc1Nc1cccc(CN2CCCC2)n1. The Morgan fingerprint density at radius 1 is 1.13 bits per heavy atom. The van der Waals surface area contributed by atoms with E-state index < -0.39 is 28.9 Å². The largest absolute Gasteiger partial charge is 0.366 e. The van der Waals surface area contributed by atoms with Crippen LogP contribution in [0.3, 0.4) is 0 Å². The highest BCUT2D eigenvalue weighted by molar-refractivity contribution is 7.20. The Balaban J connectivity index is 1.64. The summed E-state index contributed by atoms with van der Waals surface area (Å²) in [5.74, 6) is -3.39. The first-order chi connectivity index (χ1) is 14.4. The average Bonchev–Trinajstić information content (AvgIpc) is 3.31. The van der Waals surface area contributed by atoms with Gasteiger partial charge in [0.05, 0.1) is 16.8 Å². The summed E-state index contributed by atoms with van der Waals surface area (Å²) in [6, 6.07) is 7.98. The second-order valence-corrected chi connectivity index (χ2v) is 8.14. The summed E-state index contributed by atoms with van der Waals surface area (Å²) in [5.41, 5.74) is 5.99. The number of carbonyl (C=O) groups is 1. The zero-order valence-electron chi connectivity index (χ0n) is 15.9. The zero-order valence-corrected chi connectivity index (χ0v) is 16.7. The number of halogens is 3. The highest BCUT2D eigenvalue weighted by Crippen LogP contribution is 2.39. The van der Waals surface area contributed by atoms with Crippen molar-refractivity contribution in [3.8, 4) is 10.4 Å². The van der Waals surface area contributed by atoms with Crippen LogP contribution < -0.4 is 11.1 Å². The molecule has 9 heteroatoms. The van der Waals surface area contributed by atoms with E-state index >= 15 is 0 Å². The topological polar surface area (TPSA) is 71.2 Å². The average molecular weight is 432 g/mol. The molecule has 1 amide bonds. The molecule has 0 saturated carbocycles. The van der Waals surface area contributed by atoms with E-state index in [1.807, 2.05) is 12.1 Å². The Bertz CT molecular complexity index is 1070. The van der Waals surface area contributed by atoms with Crippen molar-refractivity contribution in [2.45, 2.75) is 19.4 Å². The number of primary amides is 1. The first-order valence-corrected chi connectivity index (χ1v) is 10.3. The lowest BCUT2D eigenvalue weighted by atomic mass is 10.1. The summed E-state index contributed by atoms with van der Waals surface area (Å²) in [4.78, 5) is 18.9. The second kappa shape index (κ2) is 8.45. The molecule has 0 aliphatic carbocycles. The normalized spacial score (nSPS) is 14.2. The van der Waals surface area contributed by atoms with Gasteiger partial charge in [0.2, 0.25) is 0 Å². The Morgan fingerprint density at radius 2 is 1.83 bits per heavy atom. The van der Waals surface area contributed by atoms with Crippen molar-refractivity contribution in [2.75, 3.05) is 18.4 Å². The van der Waals surface area contributed by atoms with E-state index in [2.05, 4.69) is 15.2 Å². The van der Waals surface area contributed by atoms with Crippen LogP contribution in [0.4, 0.5) is 24.0 Å². The van der Waals surface area contributed by atoms with Gasteiger partial charge in [-0.25, -0.2) is 18.2 Å². The monoisotopic (exact) mass is 432 g/mol. The Hall–Kier alpha value is -2.91. The van der Waals surface area contributed by atoms with Crippen molar-refractivity contribution in [3.63, 3.8) is 0 Å². The third-order valence-corrected chi connectivity index (χ3v) is 5.95. The molecule has 0 radical (unpaired) electrons. The number of nitrogens with zero attached hydrogens (tertiary/aromatic N) is 2. The van der Waals surface area contributed by atoms with Crippen LogP contribution in [0.15, 0.2) is 36.4 Å². The smallest absolute Gasteiger partial charge is 0.251 e. The van der Waals surface area contributed by atoms with Crippen LogP contribution in [-0.2, 0) is 6.54 Å². The minimum Gasteiger partial charge on any atom is -0.366 e. The van der Waals surface area contributed by atoms with E-state index in [-0.39, 0.29) is 10.4 Å². The second-order valence-electron chi connectivity index (χ2n) is 7.08. The van der Waals surface area contributed by atoms with Gasteiger partial charge in [-0.05, 0) is 44.1 Å². The van der Waals surface area contributed by atoms with Crippen molar-refractivity contribution in [1.29, 1.82) is 0 Å². The van der Waals surface area contributed by atoms with Gasteiger partial charge in [0.15, 0.2) is 0 Å². The number of pyridine rings is 1. The van der Waals surface area contributed by atoms with Crippen LogP contribution in [0.5, 0.6) is 0 Å². The Labute approximate surface area is 175 Å². The van der Waals surface area contributed by atoms with Gasteiger partial charge in [-0.3, -0.25) is 9.69 Å². The number of hydrogen-bond donors (Lipinski definition) is 2. The molecule has 3 aromatic rings. The summed E-state index contributed by atoms with van der Waals surface area (Å²) >= 11 is 0.944. The fraction of sp³-hybridized carbons (Fsp3) is 0.238. The fourth-order valence-corrected chi connectivity index (χ4v) is 4.61. The lowest BCUT2D eigenvalue weighted by molar-refractivity contribution is 0.100. The Morgan fingerprint density at radius 3 is 2.50 bits per heavy atom. The first-order valence-electron chi connectivity index (χ1n) is 9.44. The first kappa shape index (κ1) is 20.4. The number of carbonyl (C=O) groups excluding carboxylic acids is 1. The van der Waals surface area contributed by atoms with Gasteiger partial charge < -0.3 is 11.1 Å². The van der Waals surface area contributed by atoms with Crippen LogP contribution in [-0.4, -0.2) is 28.9 Å². The van der Waals surface area contributed by atoms with E-state index in [4.69, 9.17) is 5.73 Å². The van der Waals surface area contributed by atoms with Crippen LogP contribution >= 0.6 is 11.3 Å². The molecule has 5 nitrogen and oxygen atoms in total. The highest BCUT2D eigenvalue weighted by atomic mass is 32.1. The molecule has 3 N–H and O–H groups in total. The number of hydrogen-bond acceptors (Lipinski definition) is 5. The molecule has 30 heavy (non-hydrogen) atoms. The van der Waals surface area contributed by atoms with Crippen LogP contribution in [0, 0.1) is 17.5 Å². The summed E-state index contributed by atoms with van der Waals surface area (Å²) in [7, 11) is 0. The van der Waals surface area contributed by atoms with Crippen molar-refractivity contribution in [3.05, 3.63) is 65.1 Å². The molecule has 156 valence electrons. The van der Waals surface area contributed by atoms with Crippen molar-refractivity contribution in [2.24, 2.45) is 5.73 Å². The molecule has 3 heterocycles. The summed E-state index contributed by atoms with van der Waals surface area (Å²) in [6.45, 7) is 2.79. The molecule has 1 fully saturated rings. The van der Waals surface area contributed by atoms with E-state index in [9.17, 15) is 18.0 Å². The third-order valence-electron chi connectivity index (χ3n) is 4.88. The predicted octanol–water partition coefficient (Wildman–Crippen LogP) is 4.67. The van der Waals surface area contributed by atoms with E-state index in [0.29, 0.717) is 23.0 Å². The molecule has 0 unspecified atom stereocenters. The van der Waals surface area contributed by atoms with Gasteiger partial charge in [0, 0.05) is 23.6 Å². The lowest BCUT2D eigenvalue weighted by Crippen LogP contribution is -2.19. The molecule has 0 bridgehead atoms. The predicted molar refractivity (Wildman–Crippen MR) is 110 cm³/mol. The molecule has 0 spiro atoms. The molecular formula is C21H19F3N4OS. The van der Waals surface area contributed by atoms with Crippen molar-refractivity contribution >= 4 is 28.1 Å². The van der Waals surface area contributed by atoms with Crippen LogP contribution in [0.2, 0.25) is 0 Å². The zero-order chi connectivity index (χ0) is 21.3. The standard InChI is InChI=1S/C21H19F3N4OS/c22-12-8-15(23)19(16(24)9-12)17-10-14(20(25)29)21(30-17)27-18-5-3-4-13(26-18)11-28-6-1-2-7-28/h3-5,8-10H,1-2,6-7,11H2,(H2,25,29)(H,26,27). The van der Waals surface area contributed by atoms with Crippen LogP contribution in [0.25, 0.3) is 10.4 Å². The van der Waals surface area contributed by atoms with Gasteiger partial charge in [-0.2, -0.15) is 0 Å². The number of amides is 1. The minimum absolute atomic E-state index is 0.0740. The number of benzene rings is 1. The number of nitrogens with two attached hydrogens (primary N) is 1. The van der Waals surface area contributed by atoms with Gasteiger partial charge in [0.1, 0.15) is 28.3 Å². The number of aromatic nitrogens is 1. The number of nitrogens with one attached hydrogen (secondary N) is 1. The van der Waals surface area contributed by atoms with Crippen LogP contribution in [0.1, 0.15) is 28.9 Å². The van der Waals surface area contributed by atoms with Crippen molar-refractivity contribution in [1.82, 2.24) is 9.88 Å². The van der Waals surface area contributed by atoms with E-state index in [1.54, 1.807) is 6.07 Å². The summed E-state index contributed by atoms with van der Waals surface area (Å²) in [5, 5.41) is 3.34. The molecule has 0 atom stereocenters.